The van der Waals surface area contributed by atoms with Crippen LogP contribution >= 0.6 is 11.3 Å². The van der Waals surface area contributed by atoms with Crippen molar-refractivity contribution in [3.8, 4) is 0 Å². The van der Waals surface area contributed by atoms with Gasteiger partial charge in [0.15, 0.2) is 10.8 Å². The summed E-state index contributed by atoms with van der Waals surface area (Å²) in [6, 6.07) is 8.31. The number of nitrogens with one attached hydrogen (secondary N) is 1. The van der Waals surface area contributed by atoms with Gasteiger partial charge in [-0.3, -0.25) is 4.79 Å². The van der Waals surface area contributed by atoms with E-state index in [0.717, 1.165) is 48.7 Å². The monoisotopic (exact) mass is 381 g/mol. The summed E-state index contributed by atoms with van der Waals surface area (Å²) in [6.07, 6.45) is 4.67. The third-order valence-electron chi connectivity index (χ3n) is 5.03. The Hall–Kier alpha value is -2.58. The van der Waals surface area contributed by atoms with E-state index in [4.69, 9.17) is 4.74 Å². The number of hydrogen-bond donors (Lipinski definition) is 1. The Balaban J connectivity index is 1.43. The molecule has 0 radical (unpaired) electrons. The first kappa shape index (κ1) is 16.6. The minimum atomic E-state index is -0.179. The Labute approximate surface area is 160 Å². The fourth-order valence-corrected chi connectivity index (χ4v) is 4.50. The van der Waals surface area contributed by atoms with Gasteiger partial charge in [-0.05, 0) is 30.9 Å². The Kier molecular flexibility index (Phi) is 4.21. The molecule has 2 aliphatic rings. The predicted molar refractivity (Wildman–Crippen MR) is 104 cm³/mol. The summed E-state index contributed by atoms with van der Waals surface area (Å²) in [5, 5.41) is 3.34. The number of anilines is 2. The molecule has 1 aromatic carbocycles. The average Bonchev–Trinajstić information content (AvgIpc) is 3.44. The summed E-state index contributed by atoms with van der Waals surface area (Å²) in [6.45, 7) is 2.15. The molecule has 2 aromatic heterocycles. The van der Waals surface area contributed by atoms with Gasteiger partial charge in [-0.15, -0.1) is 0 Å². The minimum Gasteiger partial charge on any atom is -0.376 e. The molecule has 0 aliphatic carbocycles. The summed E-state index contributed by atoms with van der Waals surface area (Å²) in [4.78, 5) is 28.8. The third-order valence-corrected chi connectivity index (χ3v) is 5.99. The molecule has 0 saturated carbocycles. The second kappa shape index (κ2) is 6.86. The quantitative estimate of drug-likeness (QED) is 0.748. The number of thiazole rings is 1. The van der Waals surface area contributed by atoms with E-state index in [1.54, 1.807) is 6.33 Å². The fourth-order valence-electron chi connectivity index (χ4n) is 3.68. The Bertz CT molecular complexity index is 999. The molecule has 1 saturated heterocycles. The van der Waals surface area contributed by atoms with Crippen LogP contribution < -0.4 is 10.2 Å². The Morgan fingerprint density at radius 1 is 1.33 bits per heavy atom. The van der Waals surface area contributed by atoms with Gasteiger partial charge in [0.25, 0.3) is 5.91 Å². The van der Waals surface area contributed by atoms with Gasteiger partial charge < -0.3 is 15.0 Å². The summed E-state index contributed by atoms with van der Waals surface area (Å²) < 4.78 is 5.56. The largest absolute Gasteiger partial charge is 0.376 e. The van der Waals surface area contributed by atoms with Crippen molar-refractivity contribution < 1.29 is 9.53 Å². The van der Waals surface area contributed by atoms with Gasteiger partial charge in [-0.2, -0.15) is 0 Å². The molecule has 1 N–H and O–H groups in total. The molecule has 1 unspecified atom stereocenters. The van der Waals surface area contributed by atoms with Crippen LogP contribution in [-0.4, -0.2) is 46.7 Å². The van der Waals surface area contributed by atoms with Crippen LogP contribution in [0.15, 0.2) is 30.6 Å². The molecule has 2 aliphatic heterocycles. The molecule has 1 amide bonds. The van der Waals surface area contributed by atoms with Crippen LogP contribution in [0.4, 0.5) is 11.5 Å². The molecule has 7 nitrogen and oxygen atoms in total. The van der Waals surface area contributed by atoms with Gasteiger partial charge in [-0.1, -0.05) is 29.5 Å². The van der Waals surface area contributed by atoms with E-state index in [9.17, 15) is 4.79 Å². The van der Waals surface area contributed by atoms with Crippen molar-refractivity contribution >= 4 is 39.1 Å². The van der Waals surface area contributed by atoms with E-state index in [2.05, 4.69) is 43.4 Å². The maximum absolute atomic E-state index is 12.5. The van der Waals surface area contributed by atoms with E-state index in [1.165, 1.54) is 16.9 Å². The number of amides is 1. The van der Waals surface area contributed by atoms with Crippen molar-refractivity contribution in [1.29, 1.82) is 0 Å². The molecule has 4 heterocycles. The van der Waals surface area contributed by atoms with E-state index >= 15 is 0 Å². The van der Waals surface area contributed by atoms with Crippen LogP contribution in [0.3, 0.4) is 0 Å². The first-order chi connectivity index (χ1) is 13.3. The van der Waals surface area contributed by atoms with E-state index in [0.29, 0.717) is 17.1 Å². The van der Waals surface area contributed by atoms with Crippen molar-refractivity contribution in [2.75, 3.05) is 24.6 Å². The maximum atomic E-state index is 12.5. The molecule has 138 valence electrons. The lowest BCUT2D eigenvalue weighted by Gasteiger charge is -2.18. The van der Waals surface area contributed by atoms with Gasteiger partial charge in [0, 0.05) is 25.4 Å². The second-order valence-electron chi connectivity index (χ2n) is 6.75. The molecular formula is C19H19N5O2S. The number of rotatable bonds is 4. The van der Waals surface area contributed by atoms with Crippen LogP contribution in [0.25, 0.3) is 10.3 Å². The standard InChI is InChI=1S/C19H19N5O2S/c25-17(20-10-13-5-3-9-26-13)19-23-15-16(21-11-22-18(15)27-19)24-8-7-12-4-1-2-6-14(12)24/h1-2,4,6,11,13H,3,5,7-10H2,(H,20,25). The number of benzene rings is 1. The van der Waals surface area contributed by atoms with E-state index < -0.39 is 0 Å². The number of nitrogens with zero attached hydrogens (tertiary/aromatic N) is 4. The van der Waals surface area contributed by atoms with Gasteiger partial charge in [0.05, 0.1) is 6.10 Å². The zero-order valence-electron chi connectivity index (χ0n) is 14.7. The fraction of sp³-hybridized carbons (Fsp3) is 0.368. The maximum Gasteiger partial charge on any atom is 0.280 e. The molecule has 1 fully saturated rings. The summed E-state index contributed by atoms with van der Waals surface area (Å²) in [7, 11) is 0. The molecule has 3 aromatic rings. The molecule has 1 atom stereocenters. The minimum absolute atomic E-state index is 0.111. The lowest BCUT2D eigenvalue weighted by atomic mass is 10.2. The summed E-state index contributed by atoms with van der Waals surface area (Å²) in [5.74, 6) is 0.584. The highest BCUT2D eigenvalue weighted by atomic mass is 32.1. The number of fused-ring (bicyclic) bond motifs is 2. The van der Waals surface area contributed by atoms with Crippen molar-refractivity contribution in [2.45, 2.75) is 25.4 Å². The van der Waals surface area contributed by atoms with Crippen molar-refractivity contribution in [3.63, 3.8) is 0 Å². The SMILES string of the molecule is O=C(NCC1CCCO1)c1nc2c(N3CCc4ccccc43)ncnc2s1. The molecule has 5 rings (SSSR count). The van der Waals surface area contributed by atoms with Crippen molar-refractivity contribution in [3.05, 3.63) is 41.2 Å². The highest BCUT2D eigenvalue weighted by Crippen LogP contribution is 2.37. The number of carbonyl (C=O) groups is 1. The molecule has 0 spiro atoms. The molecule has 8 heteroatoms. The van der Waals surface area contributed by atoms with Gasteiger partial charge in [-0.25, -0.2) is 15.0 Å². The topological polar surface area (TPSA) is 80.2 Å². The van der Waals surface area contributed by atoms with Crippen LogP contribution in [0.1, 0.15) is 28.2 Å². The first-order valence-corrected chi connectivity index (χ1v) is 9.98. The first-order valence-electron chi connectivity index (χ1n) is 9.16. The molecule has 0 bridgehead atoms. The van der Waals surface area contributed by atoms with E-state index in [-0.39, 0.29) is 12.0 Å². The number of hydrogen-bond acceptors (Lipinski definition) is 7. The van der Waals surface area contributed by atoms with E-state index in [1.807, 2.05) is 6.07 Å². The van der Waals surface area contributed by atoms with Gasteiger partial charge in [0.2, 0.25) is 0 Å². The van der Waals surface area contributed by atoms with Crippen LogP contribution in [-0.2, 0) is 11.2 Å². The second-order valence-corrected chi connectivity index (χ2v) is 7.72. The lowest BCUT2D eigenvalue weighted by molar-refractivity contribution is 0.0857. The highest BCUT2D eigenvalue weighted by molar-refractivity contribution is 7.19. The zero-order valence-corrected chi connectivity index (χ0v) is 15.5. The predicted octanol–water partition coefficient (Wildman–Crippen LogP) is 2.69. The van der Waals surface area contributed by atoms with Crippen molar-refractivity contribution in [2.24, 2.45) is 0 Å². The number of para-hydroxylation sites is 1. The lowest BCUT2D eigenvalue weighted by Crippen LogP contribution is -2.31. The van der Waals surface area contributed by atoms with Crippen LogP contribution in [0.2, 0.25) is 0 Å². The molecule has 27 heavy (non-hydrogen) atoms. The number of ether oxygens (including phenoxy) is 1. The number of aromatic nitrogens is 3. The highest BCUT2D eigenvalue weighted by Gasteiger charge is 2.25. The number of carbonyl (C=O) groups excluding carboxylic acids is 1. The van der Waals surface area contributed by atoms with Crippen LogP contribution in [0, 0.1) is 0 Å². The third kappa shape index (κ3) is 3.04. The average molecular weight is 381 g/mol. The summed E-state index contributed by atoms with van der Waals surface area (Å²) >= 11 is 1.30. The Morgan fingerprint density at radius 3 is 3.15 bits per heavy atom. The molecular weight excluding hydrogens is 362 g/mol. The van der Waals surface area contributed by atoms with Crippen LogP contribution in [0.5, 0.6) is 0 Å². The van der Waals surface area contributed by atoms with Gasteiger partial charge >= 0.3 is 0 Å². The Morgan fingerprint density at radius 2 is 2.26 bits per heavy atom. The smallest absolute Gasteiger partial charge is 0.280 e. The van der Waals surface area contributed by atoms with Gasteiger partial charge in [0.1, 0.15) is 16.7 Å². The normalized spacial score (nSPS) is 18.8. The summed E-state index contributed by atoms with van der Waals surface area (Å²) in [5.41, 5.74) is 3.13. The zero-order chi connectivity index (χ0) is 18.2. The van der Waals surface area contributed by atoms with Crippen molar-refractivity contribution in [1.82, 2.24) is 20.3 Å².